The lowest BCUT2D eigenvalue weighted by Gasteiger charge is -2.31. The second kappa shape index (κ2) is 8.16. The summed E-state index contributed by atoms with van der Waals surface area (Å²) in [7, 11) is 0. The van der Waals surface area contributed by atoms with Crippen LogP contribution in [0.5, 0.6) is 11.6 Å². The molecule has 7 rings (SSSR count). The molecule has 9 nitrogen and oxygen atoms in total. The number of benzene rings is 1. The Bertz CT molecular complexity index is 1480. The molecule has 1 aromatic carbocycles. The van der Waals surface area contributed by atoms with Crippen LogP contribution in [0.1, 0.15) is 44.3 Å². The molecular weight excluding hydrogens is 477 g/mol. The Morgan fingerprint density at radius 2 is 1.92 bits per heavy atom. The molecule has 2 atom stereocenters. The van der Waals surface area contributed by atoms with E-state index in [0.717, 1.165) is 24.0 Å². The maximum atomic E-state index is 15.1. The van der Waals surface area contributed by atoms with Crippen LogP contribution in [0.25, 0.3) is 11.1 Å². The number of aromatic nitrogens is 2. The van der Waals surface area contributed by atoms with Gasteiger partial charge in [0.05, 0.1) is 23.6 Å². The summed E-state index contributed by atoms with van der Waals surface area (Å²) < 4.78 is 27.0. The number of pyridine rings is 2. The molecule has 2 fully saturated rings. The lowest BCUT2D eigenvalue weighted by molar-refractivity contribution is -0.118. The Morgan fingerprint density at radius 3 is 2.76 bits per heavy atom. The van der Waals surface area contributed by atoms with E-state index in [0.29, 0.717) is 60.4 Å². The molecule has 1 N–H and O–H groups in total. The first kappa shape index (κ1) is 22.0. The van der Waals surface area contributed by atoms with Crippen molar-refractivity contribution >= 4 is 34.7 Å². The van der Waals surface area contributed by atoms with Gasteiger partial charge in [-0.2, -0.15) is 0 Å². The molecule has 3 aromatic rings. The van der Waals surface area contributed by atoms with E-state index < -0.39 is 5.82 Å². The number of hydrogen-bond donors (Lipinski definition) is 1. The molecule has 4 aliphatic rings. The number of rotatable bonds is 3. The van der Waals surface area contributed by atoms with Gasteiger partial charge in [0.1, 0.15) is 35.8 Å². The average molecular weight is 502 g/mol. The Kier molecular flexibility index (Phi) is 4.85. The number of hydrogen-bond acceptors (Lipinski definition) is 7. The molecule has 0 saturated carbocycles. The highest BCUT2D eigenvalue weighted by molar-refractivity contribution is 5.98. The van der Waals surface area contributed by atoms with Crippen molar-refractivity contribution in [3.63, 3.8) is 0 Å². The number of ether oxygens (including phenoxy) is 2. The predicted molar refractivity (Wildman–Crippen MR) is 134 cm³/mol. The van der Waals surface area contributed by atoms with Gasteiger partial charge in [-0.05, 0) is 38.0 Å². The molecule has 4 aliphatic heterocycles. The summed E-state index contributed by atoms with van der Waals surface area (Å²) >= 11 is 0. The molecular formula is C27H24FN5O4. The van der Waals surface area contributed by atoms with Crippen molar-refractivity contribution in [3.05, 3.63) is 48.0 Å². The van der Waals surface area contributed by atoms with Crippen LogP contribution in [0.15, 0.2) is 36.7 Å². The van der Waals surface area contributed by atoms with Crippen LogP contribution in [0, 0.1) is 5.82 Å². The van der Waals surface area contributed by atoms with Crippen molar-refractivity contribution in [2.75, 3.05) is 28.3 Å². The zero-order valence-corrected chi connectivity index (χ0v) is 20.2. The lowest BCUT2D eigenvalue weighted by atomic mass is 9.94. The van der Waals surface area contributed by atoms with Gasteiger partial charge in [-0.25, -0.2) is 14.4 Å². The molecule has 2 saturated heterocycles. The van der Waals surface area contributed by atoms with Gasteiger partial charge in [0.15, 0.2) is 0 Å². The first-order chi connectivity index (χ1) is 18.0. The van der Waals surface area contributed by atoms with Gasteiger partial charge in [-0.1, -0.05) is 0 Å². The van der Waals surface area contributed by atoms with Gasteiger partial charge in [-0.15, -0.1) is 0 Å². The molecule has 188 valence electrons. The number of halogens is 1. The standard InChI is InChI=1S/C27H24FN5O4/c1-14-17-9-24(31-15-7-22-27(30-11-15)36-13-16-4-5-26(35)33(16)22)29-12-19(17)18-8-20(28)21(10-23(18)37-14)32-6-2-3-25(32)34/h7-12,14,16H,2-6,13H2,1H3,(H,29,31)/t14?,16-/m0/s1. The first-order valence-corrected chi connectivity index (χ1v) is 12.5. The normalized spacial score (nSPS) is 21.6. The summed E-state index contributed by atoms with van der Waals surface area (Å²) in [5.41, 5.74) is 3.83. The quantitative estimate of drug-likeness (QED) is 0.565. The van der Waals surface area contributed by atoms with Crippen molar-refractivity contribution in [1.29, 1.82) is 0 Å². The maximum absolute atomic E-state index is 15.1. The Labute approximate surface area is 212 Å². The molecule has 0 bridgehead atoms. The van der Waals surface area contributed by atoms with Crippen molar-refractivity contribution in [2.24, 2.45) is 0 Å². The van der Waals surface area contributed by atoms with Gasteiger partial charge in [0.25, 0.3) is 0 Å². The van der Waals surface area contributed by atoms with E-state index >= 15 is 4.39 Å². The fourth-order valence-corrected chi connectivity index (χ4v) is 5.66. The fourth-order valence-electron chi connectivity index (χ4n) is 5.66. The van der Waals surface area contributed by atoms with Gasteiger partial charge in [-0.3, -0.25) is 9.59 Å². The lowest BCUT2D eigenvalue weighted by Crippen LogP contribution is -2.40. The third-order valence-electron chi connectivity index (χ3n) is 7.48. The van der Waals surface area contributed by atoms with Gasteiger partial charge >= 0.3 is 0 Å². The summed E-state index contributed by atoms with van der Waals surface area (Å²) in [4.78, 5) is 36.8. The van der Waals surface area contributed by atoms with Crippen molar-refractivity contribution in [2.45, 2.75) is 44.8 Å². The highest BCUT2D eigenvalue weighted by Gasteiger charge is 2.38. The number of anilines is 4. The van der Waals surface area contributed by atoms with Gasteiger partial charge < -0.3 is 24.6 Å². The summed E-state index contributed by atoms with van der Waals surface area (Å²) in [6.45, 7) is 2.89. The molecule has 2 aromatic heterocycles. The molecule has 0 spiro atoms. The fraction of sp³-hybridized carbons (Fsp3) is 0.333. The smallest absolute Gasteiger partial charge is 0.238 e. The van der Waals surface area contributed by atoms with Crippen LogP contribution in [-0.2, 0) is 9.59 Å². The summed E-state index contributed by atoms with van der Waals surface area (Å²) in [5.74, 6) is 1.09. The molecule has 2 amide bonds. The van der Waals surface area contributed by atoms with Gasteiger partial charge in [0.2, 0.25) is 17.7 Å². The SMILES string of the molecule is CC1Oc2cc(N3CCCC3=O)c(F)cc2-c2cnc(Nc3cnc4c(c3)N3C(=O)CC[C@H]3CO4)cc21. The molecule has 1 unspecified atom stereocenters. The third-order valence-corrected chi connectivity index (χ3v) is 7.48. The number of fused-ring (bicyclic) bond motifs is 6. The first-order valence-electron chi connectivity index (χ1n) is 12.5. The number of carbonyl (C=O) groups excluding carboxylic acids is 2. The summed E-state index contributed by atoms with van der Waals surface area (Å²) in [5, 5.41) is 3.26. The van der Waals surface area contributed by atoms with E-state index in [1.165, 1.54) is 11.0 Å². The number of amides is 2. The Hall–Kier alpha value is -4.21. The highest BCUT2D eigenvalue weighted by Crippen LogP contribution is 2.46. The van der Waals surface area contributed by atoms with Crippen LogP contribution in [0.4, 0.5) is 27.3 Å². The van der Waals surface area contributed by atoms with E-state index in [1.54, 1.807) is 23.4 Å². The van der Waals surface area contributed by atoms with Crippen LogP contribution in [-0.4, -0.2) is 41.0 Å². The highest BCUT2D eigenvalue weighted by atomic mass is 19.1. The van der Waals surface area contributed by atoms with Crippen LogP contribution in [0.2, 0.25) is 0 Å². The minimum absolute atomic E-state index is 0.0430. The van der Waals surface area contributed by atoms with E-state index in [-0.39, 0.29) is 29.6 Å². The number of nitrogens with one attached hydrogen (secondary N) is 1. The largest absolute Gasteiger partial charge is 0.485 e. The van der Waals surface area contributed by atoms with E-state index in [9.17, 15) is 9.59 Å². The average Bonchev–Trinajstić information content (AvgIpc) is 3.49. The van der Waals surface area contributed by atoms with Crippen molar-refractivity contribution in [3.8, 4) is 22.8 Å². The van der Waals surface area contributed by atoms with Crippen LogP contribution in [0.3, 0.4) is 0 Å². The minimum atomic E-state index is -0.461. The topological polar surface area (TPSA) is 96.9 Å². The molecule has 37 heavy (non-hydrogen) atoms. The monoisotopic (exact) mass is 501 g/mol. The predicted octanol–water partition coefficient (Wildman–Crippen LogP) is 4.49. The third kappa shape index (κ3) is 3.50. The van der Waals surface area contributed by atoms with Gasteiger partial charge in [0, 0.05) is 48.3 Å². The van der Waals surface area contributed by atoms with Crippen LogP contribution < -0.4 is 24.6 Å². The minimum Gasteiger partial charge on any atom is -0.485 e. The zero-order valence-electron chi connectivity index (χ0n) is 20.2. The molecule has 6 heterocycles. The maximum Gasteiger partial charge on any atom is 0.238 e. The number of carbonyl (C=O) groups is 2. The Balaban J connectivity index is 1.20. The summed E-state index contributed by atoms with van der Waals surface area (Å²) in [6.07, 6.45) is 5.47. The number of nitrogens with zero attached hydrogens (tertiary/aromatic N) is 4. The van der Waals surface area contributed by atoms with Crippen molar-refractivity contribution in [1.82, 2.24) is 9.97 Å². The zero-order chi connectivity index (χ0) is 25.3. The van der Waals surface area contributed by atoms with E-state index in [2.05, 4.69) is 15.3 Å². The second-order valence-corrected chi connectivity index (χ2v) is 9.81. The second-order valence-electron chi connectivity index (χ2n) is 9.81. The summed E-state index contributed by atoms with van der Waals surface area (Å²) in [6, 6.07) is 6.81. The Morgan fingerprint density at radius 1 is 1.03 bits per heavy atom. The molecule has 0 radical (unpaired) electrons. The van der Waals surface area contributed by atoms with Crippen LogP contribution >= 0.6 is 0 Å². The van der Waals surface area contributed by atoms with E-state index in [4.69, 9.17) is 9.47 Å². The molecule has 10 heteroatoms. The van der Waals surface area contributed by atoms with Crippen molar-refractivity contribution < 1.29 is 23.5 Å². The van der Waals surface area contributed by atoms with E-state index in [1.807, 2.05) is 19.1 Å². The molecule has 0 aliphatic carbocycles.